The predicted molar refractivity (Wildman–Crippen MR) is 59.4 cm³/mol. The first kappa shape index (κ1) is 12.7. The van der Waals surface area contributed by atoms with Gasteiger partial charge in [-0.25, -0.2) is 9.78 Å². The number of methoxy groups -OCH3 is 1. The minimum absolute atomic E-state index is 0.365. The van der Waals surface area contributed by atoms with Gasteiger partial charge in [0, 0.05) is 13.2 Å². The van der Waals surface area contributed by atoms with E-state index in [-0.39, 0.29) is 5.97 Å². The van der Waals surface area contributed by atoms with Crippen molar-refractivity contribution in [2.24, 2.45) is 0 Å². The number of esters is 1. The largest absolute Gasteiger partial charge is 0.464 e. The number of carbonyl (C=O) groups is 1. The van der Waals surface area contributed by atoms with E-state index in [4.69, 9.17) is 4.74 Å². The van der Waals surface area contributed by atoms with E-state index in [1.54, 1.807) is 0 Å². The average Bonchev–Trinajstić information content (AvgIpc) is 2.65. The number of hydrogen-bond acceptors (Lipinski definition) is 4. The number of aryl methyl sites for hydroxylation is 1. The predicted octanol–water partition coefficient (Wildman–Crippen LogP) is 1.40. The number of carbonyl (C=O) groups excluding carboxylic acids is 1. The van der Waals surface area contributed by atoms with Crippen LogP contribution in [0.25, 0.3) is 0 Å². The molecule has 0 radical (unpaired) electrons. The Labute approximate surface area is 95.4 Å². The Morgan fingerprint density at radius 1 is 1.50 bits per heavy atom. The lowest BCUT2D eigenvalue weighted by Gasteiger charge is -2.09. The Hall–Kier alpha value is -1.36. The molecule has 0 spiro atoms. The van der Waals surface area contributed by atoms with Crippen LogP contribution in [-0.4, -0.2) is 35.8 Å². The zero-order valence-corrected chi connectivity index (χ0v) is 10.0. The van der Waals surface area contributed by atoms with Crippen molar-refractivity contribution in [3.8, 4) is 0 Å². The molecule has 1 rings (SSSR count). The molecule has 0 saturated heterocycles. The second-order valence-corrected chi connectivity index (χ2v) is 3.45. The summed E-state index contributed by atoms with van der Waals surface area (Å²) in [6, 6.07) is 0. The van der Waals surface area contributed by atoms with Crippen LogP contribution in [0.2, 0.25) is 0 Å². The fraction of sp³-hybridized carbons (Fsp3) is 0.636. The van der Waals surface area contributed by atoms with Gasteiger partial charge in [-0.3, -0.25) is 0 Å². The van der Waals surface area contributed by atoms with Crippen molar-refractivity contribution in [2.45, 2.75) is 26.8 Å². The third kappa shape index (κ3) is 3.06. The summed E-state index contributed by atoms with van der Waals surface area (Å²) in [5.74, 6) is 0.427. The van der Waals surface area contributed by atoms with Crippen molar-refractivity contribution in [3.63, 3.8) is 0 Å². The smallest absolute Gasteiger partial charge is 0.356 e. The number of imidazole rings is 1. The molecule has 5 nitrogen and oxygen atoms in total. The molecule has 0 aliphatic rings. The van der Waals surface area contributed by atoms with Gasteiger partial charge >= 0.3 is 5.97 Å². The number of hydrogen-bond donors (Lipinski definition) is 0. The van der Waals surface area contributed by atoms with E-state index in [0.29, 0.717) is 18.8 Å². The first-order valence-electron chi connectivity index (χ1n) is 5.38. The molecule has 16 heavy (non-hydrogen) atoms. The standard InChI is InChI=1S/C11H18N2O3/c1-4-6-16-7-5-13-9(2)12-8-10(13)11(14)15-3/h8H,4-7H2,1-3H3. The molecule has 0 aromatic carbocycles. The lowest BCUT2D eigenvalue weighted by atomic mass is 10.4. The highest BCUT2D eigenvalue weighted by molar-refractivity contribution is 5.87. The van der Waals surface area contributed by atoms with Crippen molar-refractivity contribution in [2.75, 3.05) is 20.3 Å². The first-order valence-corrected chi connectivity index (χ1v) is 5.38. The summed E-state index contributed by atoms with van der Waals surface area (Å²) < 4.78 is 11.9. The summed E-state index contributed by atoms with van der Waals surface area (Å²) >= 11 is 0. The van der Waals surface area contributed by atoms with Gasteiger partial charge in [0.2, 0.25) is 0 Å². The zero-order chi connectivity index (χ0) is 12.0. The summed E-state index contributed by atoms with van der Waals surface area (Å²) in [4.78, 5) is 15.5. The molecule has 0 unspecified atom stereocenters. The fourth-order valence-corrected chi connectivity index (χ4v) is 1.42. The lowest BCUT2D eigenvalue weighted by molar-refractivity contribution is 0.0583. The van der Waals surface area contributed by atoms with Crippen LogP contribution >= 0.6 is 0 Å². The van der Waals surface area contributed by atoms with Crippen LogP contribution in [0.5, 0.6) is 0 Å². The van der Waals surface area contributed by atoms with Gasteiger partial charge in [-0.1, -0.05) is 6.92 Å². The van der Waals surface area contributed by atoms with Gasteiger partial charge in [0.25, 0.3) is 0 Å². The van der Waals surface area contributed by atoms with Crippen molar-refractivity contribution in [1.29, 1.82) is 0 Å². The Morgan fingerprint density at radius 3 is 2.88 bits per heavy atom. The maximum Gasteiger partial charge on any atom is 0.356 e. The van der Waals surface area contributed by atoms with Gasteiger partial charge in [-0.15, -0.1) is 0 Å². The van der Waals surface area contributed by atoms with E-state index < -0.39 is 0 Å². The monoisotopic (exact) mass is 226 g/mol. The number of rotatable bonds is 6. The Kier molecular flexibility index (Phi) is 4.98. The summed E-state index contributed by atoms with van der Waals surface area (Å²) in [5, 5.41) is 0. The highest BCUT2D eigenvalue weighted by atomic mass is 16.5. The minimum atomic E-state index is -0.365. The van der Waals surface area contributed by atoms with E-state index in [1.807, 2.05) is 11.5 Å². The molecule has 0 fully saturated rings. The fourth-order valence-electron chi connectivity index (χ4n) is 1.42. The van der Waals surface area contributed by atoms with Gasteiger partial charge in [-0.2, -0.15) is 0 Å². The molecule has 1 heterocycles. The molecule has 1 aromatic rings. The van der Waals surface area contributed by atoms with Crippen molar-refractivity contribution >= 4 is 5.97 Å². The molecule has 90 valence electrons. The molecule has 0 bridgehead atoms. The maximum atomic E-state index is 11.4. The second-order valence-electron chi connectivity index (χ2n) is 3.45. The molecule has 0 atom stereocenters. The molecular weight excluding hydrogens is 208 g/mol. The number of ether oxygens (including phenoxy) is 2. The average molecular weight is 226 g/mol. The van der Waals surface area contributed by atoms with Gasteiger partial charge in [0.1, 0.15) is 11.5 Å². The third-order valence-electron chi connectivity index (χ3n) is 2.26. The maximum absolute atomic E-state index is 11.4. The van der Waals surface area contributed by atoms with Gasteiger partial charge in [0.15, 0.2) is 0 Å². The lowest BCUT2D eigenvalue weighted by Crippen LogP contribution is -2.15. The van der Waals surface area contributed by atoms with Crippen LogP contribution < -0.4 is 0 Å². The summed E-state index contributed by atoms with van der Waals surface area (Å²) in [7, 11) is 1.36. The molecule has 1 aromatic heterocycles. The number of nitrogens with zero attached hydrogens (tertiary/aromatic N) is 2. The SMILES string of the molecule is CCCOCCn1c(C(=O)OC)cnc1C. The summed E-state index contributed by atoms with van der Waals surface area (Å²) in [6.45, 7) is 5.85. The highest BCUT2D eigenvalue weighted by Crippen LogP contribution is 2.06. The van der Waals surface area contributed by atoms with Crippen LogP contribution in [-0.2, 0) is 16.0 Å². The van der Waals surface area contributed by atoms with Crippen LogP contribution in [0, 0.1) is 6.92 Å². The third-order valence-corrected chi connectivity index (χ3v) is 2.26. The van der Waals surface area contributed by atoms with E-state index in [1.165, 1.54) is 13.3 Å². The van der Waals surface area contributed by atoms with Crippen LogP contribution in [0.4, 0.5) is 0 Å². The molecular formula is C11H18N2O3. The van der Waals surface area contributed by atoms with Gasteiger partial charge in [0.05, 0.1) is 19.9 Å². The molecule has 0 saturated carbocycles. The Bertz CT molecular complexity index is 347. The molecule has 0 amide bonds. The summed E-state index contributed by atoms with van der Waals surface area (Å²) in [6.07, 6.45) is 2.52. The van der Waals surface area contributed by atoms with Crippen molar-refractivity contribution in [3.05, 3.63) is 17.7 Å². The second kappa shape index (κ2) is 6.27. The molecule has 5 heteroatoms. The Balaban J connectivity index is 2.63. The van der Waals surface area contributed by atoms with E-state index in [2.05, 4.69) is 16.6 Å². The van der Waals surface area contributed by atoms with E-state index in [0.717, 1.165) is 18.9 Å². The summed E-state index contributed by atoms with van der Waals surface area (Å²) in [5.41, 5.74) is 0.472. The van der Waals surface area contributed by atoms with Crippen LogP contribution in [0.3, 0.4) is 0 Å². The van der Waals surface area contributed by atoms with Crippen molar-refractivity contribution < 1.29 is 14.3 Å². The number of aromatic nitrogens is 2. The normalized spacial score (nSPS) is 10.4. The van der Waals surface area contributed by atoms with Crippen LogP contribution in [0.15, 0.2) is 6.20 Å². The van der Waals surface area contributed by atoms with E-state index in [9.17, 15) is 4.79 Å². The molecule has 0 aliphatic carbocycles. The first-order chi connectivity index (χ1) is 7.70. The topological polar surface area (TPSA) is 53.4 Å². The Morgan fingerprint density at radius 2 is 2.25 bits per heavy atom. The highest BCUT2D eigenvalue weighted by Gasteiger charge is 2.14. The minimum Gasteiger partial charge on any atom is -0.464 e. The quantitative estimate of drug-likeness (QED) is 0.543. The van der Waals surface area contributed by atoms with Crippen molar-refractivity contribution in [1.82, 2.24) is 9.55 Å². The zero-order valence-electron chi connectivity index (χ0n) is 10.0. The molecule has 0 aliphatic heterocycles. The molecule has 0 N–H and O–H groups in total. The van der Waals surface area contributed by atoms with Crippen LogP contribution in [0.1, 0.15) is 29.7 Å². The van der Waals surface area contributed by atoms with E-state index >= 15 is 0 Å². The van der Waals surface area contributed by atoms with Gasteiger partial charge in [-0.05, 0) is 13.3 Å². The van der Waals surface area contributed by atoms with Gasteiger partial charge < -0.3 is 14.0 Å².